The van der Waals surface area contributed by atoms with E-state index in [-0.39, 0.29) is 42.7 Å². The molecule has 0 saturated carbocycles. The number of allylic oxidation sites excluding steroid dienone is 4. The molecule has 46 heavy (non-hydrogen) atoms. The Morgan fingerprint density at radius 1 is 1.13 bits per heavy atom. The molecule has 10 heteroatoms. The molecule has 5 rings (SSSR count). The van der Waals surface area contributed by atoms with Crippen LogP contribution in [0.1, 0.15) is 63.7 Å². The van der Waals surface area contributed by atoms with E-state index in [1.165, 1.54) is 6.08 Å². The highest BCUT2D eigenvalue weighted by Gasteiger charge is 2.34. The normalized spacial score (nSPS) is 19.7. The van der Waals surface area contributed by atoms with E-state index in [1.54, 1.807) is 24.9 Å². The van der Waals surface area contributed by atoms with E-state index in [1.807, 2.05) is 24.3 Å². The van der Waals surface area contributed by atoms with Crippen LogP contribution in [-0.2, 0) is 14.4 Å². The number of amides is 2. The van der Waals surface area contributed by atoms with Crippen molar-refractivity contribution in [1.29, 1.82) is 0 Å². The Labute approximate surface area is 270 Å². The fourth-order valence-corrected chi connectivity index (χ4v) is 6.46. The van der Waals surface area contributed by atoms with Gasteiger partial charge in [-0.3, -0.25) is 14.5 Å². The third-order valence-electron chi connectivity index (χ3n) is 9.44. The van der Waals surface area contributed by atoms with Crippen LogP contribution in [0.15, 0.2) is 72.1 Å². The number of likely N-dealkylation sites (tertiary alicyclic amines) is 1. The summed E-state index contributed by atoms with van der Waals surface area (Å²) in [6.45, 7) is 2.27. The zero-order valence-corrected chi connectivity index (χ0v) is 27.0. The number of benzene rings is 2. The Morgan fingerprint density at radius 2 is 1.93 bits per heavy atom. The number of nitrogens with one attached hydrogen (secondary N) is 3. The van der Waals surface area contributed by atoms with Crippen LogP contribution < -0.4 is 10.6 Å². The number of para-hydroxylation sites is 1. The summed E-state index contributed by atoms with van der Waals surface area (Å²) < 4.78 is 13.5. The minimum Gasteiger partial charge on any atom is -0.343 e. The fourth-order valence-electron chi connectivity index (χ4n) is 6.46. The fraction of sp³-hybridized carbons (Fsp3) is 0.444. The average molecular weight is 629 g/mol. The number of H-pyrrole nitrogens is 1. The van der Waals surface area contributed by atoms with Crippen LogP contribution in [-0.4, -0.2) is 83.2 Å². The molecule has 0 unspecified atom stereocenters. The van der Waals surface area contributed by atoms with Gasteiger partial charge < -0.3 is 25.3 Å². The number of aromatic amines is 1. The number of hydrogen-bond donors (Lipinski definition) is 3. The van der Waals surface area contributed by atoms with Crippen LogP contribution in [0.3, 0.4) is 0 Å². The van der Waals surface area contributed by atoms with Gasteiger partial charge in [-0.2, -0.15) is 0 Å². The Morgan fingerprint density at radius 3 is 2.65 bits per heavy atom. The van der Waals surface area contributed by atoms with Crippen molar-refractivity contribution in [3.63, 3.8) is 0 Å². The maximum Gasteiger partial charge on any atom is 0.237 e. The number of rotatable bonds is 14. The van der Waals surface area contributed by atoms with Gasteiger partial charge in [-0.05, 0) is 70.8 Å². The number of fused-ring (bicyclic) bond motifs is 1. The highest BCUT2D eigenvalue weighted by molar-refractivity contribution is 5.92. The van der Waals surface area contributed by atoms with Crippen LogP contribution in [0, 0.1) is 0 Å². The Kier molecular flexibility index (Phi) is 11.1. The summed E-state index contributed by atoms with van der Waals surface area (Å²) in [4.78, 5) is 50.7. The lowest BCUT2D eigenvalue weighted by atomic mass is 9.99. The quantitative estimate of drug-likeness (QED) is 0.211. The minimum absolute atomic E-state index is 0.0818. The first-order valence-corrected chi connectivity index (χ1v) is 16.3. The number of aldehydes is 1. The van der Waals surface area contributed by atoms with Gasteiger partial charge in [0.15, 0.2) is 0 Å². The van der Waals surface area contributed by atoms with Crippen LogP contribution >= 0.6 is 0 Å². The van der Waals surface area contributed by atoms with Crippen molar-refractivity contribution in [3.05, 3.63) is 77.9 Å². The van der Waals surface area contributed by atoms with Crippen molar-refractivity contribution in [2.45, 2.75) is 76.0 Å². The van der Waals surface area contributed by atoms with Crippen molar-refractivity contribution in [2.75, 3.05) is 27.2 Å². The van der Waals surface area contributed by atoms with Gasteiger partial charge in [0.25, 0.3) is 0 Å². The number of halogens is 1. The summed E-state index contributed by atoms with van der Waals surface area (Å²) in [5.41, 5.74) is 5.22. The molecule has 1 aliphatic heterocycles. The first-order valence-electron chi connectivity index (χ1n) is 16.3. The van der Waals surface area contributed by atoms with E-state index in [9.17, 15) is 18.8 Å². The molecule has 0 radical (unpaired) electrons. The third-order valence-corrected chi connectivity index (χ3v) is 9.44. The number of likely N-dealkylation sites (N-methyl/N-ethyl adjacent to an activating group) is 1. The predicted octanol–water partition coefficient (Wildman–Crippen LogP) is 5.23. The van der Waals surface area contributed by atoms with Crippen molar-refractivity contribution in [3.8, 4) is 11.1 Å². The van der Waals surface area contributed by atoms with E-state index >= 15 is 0 Å². The lowest BCUT2D eigenvalue weighted by Crippen LogP contribution is -2.51. The first kappa shape index (κ1) is 33.2. The van der Waals surface area contributed by atoms with Crippen molar-refractivity contribution in [2.24, 2.45) is 0 Å². The smallest absolute Gasteiger partial charge is 0.237 e. The van der Waals surface area contributed by atoms with Gasteiger partial charge >= 0.3 is 0 Å². The number of carbonyl (C=O) groups is 3. The molecule has 2 amide bonds. The second-order valence-corrected chi connectivity index (χ2v) is 12.4. The summed E-state index contributed by atoms with van der Waals surface area (Å²) >= 11 is 0. The largest absolute Gasteiger partial charge is 0.343 e. The molecule has 1 aromatic heterocycles. The van der Waals surface area contributed by atoms with Crippen molar-refractivity contribution in [1.82, 2.24) is 30.4 Å². The second-order valence-electron chi connectivity index (χ2n) is 12.4. The van der Waals surface area contributed by atoms with Gasteiger partial charge in [-0.25, -0.2) is 9.37 Å². The molecule has 9 nitrogen and oxygen atoms in total. The summed E-state index contributed by atoms with van der Waals surface area (Å²) in [5, 5.41) is 5.64. The van der Waals surface area contributed by atoms with E-state index in [2.05, 4.69) is 51.8 Å². The topological polar surface area (TPSA) is 110 Å². The standard InChI is InChI=1S/C36H45FN6O3/c1-24(38-2)36(46)39-28(23-44)22-43(33(45)19-14-25-12-15-27(37)16-13-25)21-20-29-17-18-32(42(29)3)35-40-31-11-7-10-30(34(31)41-35)26-8-5-4-6-9-26/h4-12,15,23-24,28-29,32,38H,13-14,16-22H2,1-3H3,(H,39,46)(H,40,41)/t24-,28-,29+,32-/m0/s1. The van der Waals surface area contributed by atoms with E-state index < -0.39 is 12.1 Å². The molecule has 2 aliphatic rings. The number of imidazole rings is 1. The molecule has 1 aliphatic carbocycles. The molecule has 3 aromatic rings. The molecule has 2 aromatic carbocycles. The van der Waals surface area contributed by atoms with E-state index in [4.69, 9.17) is 4.98 Å². The molecule has 0 bridgehead atoms. The summed E-state index contributed by atoms with van der Waals surface area (Å²) in [6, 6.07) is 15.5. The highest BCUT2D eigenvalue weighted by atomic mass is 19.1. The zero-order valence-electron chi connectivity index (χ0n) is 27.0. The number of nitrogens with zero attached hydrogens (tertiary/aromatic N) is 3. The first-order chi connectivity index (χ1) is 22.3. The average Bonchev–Trinajstić information content (AvgIpc) is 3.68. The van der Waals surface area contributed by atoms with Gasteiger partial charge in [0, 0.05) is 37.5 Å². The summed E-state index contributed by atoms with van der Waals surface area (Å²) in [5.74, 6) is 0.412. The van der Waals surface area contributed by atoms with Gasteiger partial charge in [0.05, 0.1) is 23.1 Å². The number of carbonyl (C=O) groups excluding carboxylic acids is 3. The highest BCUT2D eigenvalue weighted by Crippen LogP contribution is 2.37. The van der Waals surface area contributed by atoms with Gasteiger partial charge in [0.2, 0.25) is 11.8 Å². The van der Waals surface area contributed by atoms with E-state index in [0.717, 1.165) is 52.8 Å². The van der Waals surface area contributed by atoms with E-state index in [0.29, 0.717) is 32.1 Å². The summed E-state index contributed by atoms with van der Waals surface area (Å²) in [6.07, 6.45) is 8.30. The predicted molar refractivity (Wildman–Crippen MR) is 179 cm³/mol. The monoisotopic (exact) mass is 628 g/mol. The van der Waals surface area contributed by atoms with Crippen LogP contribution in [0.4, 0.5) is 4.39 Å². The Balaban J connectivity index is 1.26. The molecule has 2 heterocycles. The number of aromatic nitrogens is 2. The molecule has 244 valence electrons. The second kappa shape index (κ2) is 15.4. The SMILES string of the molecule is CN[C@@H](C)C(=O)N[C@H](C=O)CN(CC[C@H]1CC[C@@H](c2nc3c(-c4ccccc4)cccc3[nH]2)N1C)C(=O)CCC1=CC=C(F)CC1. The van der Waals surface area contributed by atoms with Crippen LogP contribution in [0.2, 0.25) is 0 Å². The van der Waals surface area contributed by atoms with Crippen LogP contribution in [0.25, 0.3) is 22.2 Å². The van der Waals surface area contributed by atoms with Gasteiger partial charge in [-0.1, -0.05) is 54.1 Å². The summed E-state index contributed by atoms with van der Waals surface area (Å²) in [7, 11) is 3.78. The molecule has 4 atom stereocenters. The third kappa shape index (κ3) is 7.97. The van der Waals surface area contributed by atoms with Crippen LogP contribution in [0.5, 0.6) is 0 Å². The zero-order chi connectivity index (χ0) is 32.6. The van der Waals surface area contributed by atoms with Gasteiger partial charge in [-0.15, -0.1) is 0 Å². The van der Waals surface area contributed by atoms with Crippen molar-refractivity contribution < 1.29 is 18.8 Å². The Hall–Kier alpha value is -4.15. The number of hydrogen-bond acceptors (Lipinski definition) is 6. The maximum atomic E-state index is 13.5. The molecular formula is C36H45FN6O3. The molecule has 1 saturated heterocycles. The molecule has 1 fully saturated rings. The lowest BCUT2D eigenvalue weighted by molar-refractivity contribution is -0.133. The minimum atomic E-state index is -0.818. The molecule has 0 spiro atoms. The molecular weight excluding hydrogens is 583 g/mol. The van der Waals surface area contributed by atoms with Crippen molar-refractivity contribution >= 4 is 29.1 Å². The van der Waals surface area contributed by atoms with Gasteiger partial charge in [0.1, 0.15) is 24.0 Å². The molecule has 3 N–H and O–H groups in total. The maximum absolute atomic E-state index is 13.5. The Bertz CT molecular complexity index is 1580. The lowest BCUT2D eigenvalue weighted by Gasteiger charge is -2.30.